The van der Waals surface area contributed by atoms with Gasteiger partial charge in [0.15, 0.2) is 0 Å². The number of aryl methyl sites for hydroxylation is 1. The van der Waals surface area contributed by atoms with E-state index in [1.165, 1.54) is 18.3 Å². The maximum absolute atomic E-state index is 12.3. The van der Waals surface area contributed by atoms with Gasteiger partial charge in [-0.3, -0.25) is 14.4 Å². The van der Waals surface area contributed by atoms with Crippen molar-refractivity contribution in [1.29, 1.82) is 0 Å². The summed E-state index contributed by atoms with van der Waals surface area (Å²) in [7, 11) is 0. The number of nitrogens with zero attached hydrogens (tertiary/aromatic N) is 1. The van der Waals surface area contributed by atoms with Crippen molar-refractivity contribution in [3.8, 4) is 0 Å². The summed E-state index contributed by atoms with van der Waals surface area (Å²) in [4.78, 5) is 34.5. The van der Waals surface area contributed by atoms with E-state index in [1.54, 1.807) is 25.1 Å². The molecule has 0 aliphatic heterocycles. The van der Waals surface area contributed by atoms with Crippen molar-refractivity contribution >= 4 is 29.2 Å². The van der Waals surface area contributed by atoms with Crippen LogP contribution in [0, 0.1) is 6.92 Å². The molecule has 2 N–H and O–H groups in total. The largest absolute Gasteiger partial charge is 0.480 e. The first-order chi connectivity index (χ1) is 10.4. The highest BCUT2D eigenvalue weighted by atomic mass is 35.5. The van der Waals surface area contributed by atoms with E-state index in [0.29, 0.717) is 21.8 Å². The number of aliphatic carboxylic acids is 1. The highest BCUT2D eigenvalue weighted by Crippen LogP contribution is 2.20. The van der Waals surface area contributed by atoms with Crippen molar-refractivity contribution in [2.75, 3.05) is 5.32 Å². The quantitative estimate of drug-likeness (QED) is 0.903. The maximum atomic E-state index is 12.3. The number of carboxylic acids is 1. The fourth-order valence-electron chi connectivity index (χ4n) is 1.99. The predicted molar refractivity (Wildman–Crippen MR) is 82.5 cm³/mol. The van der Waals surface area contributed by atoms with Gasteiger partial charge < -0.3 is 15.0 Å². The van der Waals surface area contributed by atoms with Crippen LogP contribution in [0.5, 0.6) is 0 Å². The molecule has 0 aliphatic rings. The van der Waals surface area contributed by atoms with Crippen molar-refractivity contribution in [3.05, 3.63) is 63.0 Å². The predicted octanol–water partition coefficient (Wildman–Crippen LogP) is 2.15. The van der Waals surface area contributed by atoms with E-state index in [1.807, 2.05) is 0 Å². The maximum Gasteiger partial charge on any atom is 0.323 e. The number of halogens is 1. The van der Waals surface area contributed by atoms with Crippen LogP contribution < -0.4 is 10.9 Å². The smallest absolute Gasteiger partial charge is 0.323 e. The van der Waals surface area contributed by atoms with E-state index < -0.39 is 24.0 Å². The van der Waals surface area contributed by atoms with Crippen LogP contribution in [-0.4, -0.2) is 21.6 Å². The van der Waals surface area contributed by atoms with Crippen molar-refractivity contribution < 1.29 is 14.7 Å². The van der Waals surface area contributed by atoms with Crippen molar-refractivity contribution in [2.45, 2.75) is 13.5 Å². The Morgan fingerprint density at radius 2 is 2.00 bits per heavy atom. The number of anilines is 1. The fraction of sp³-hybridized carbons (Fsp3) is 0.133. The Bertz CT molecular complexity index is 778. The lowest BCUT2D eigenvalue weighted by molar-refractivity contribution is -0.137. The molecule has 0 saturated carbocycles. The Morgan fingerprint density at radius 1 is 1.27 bits per heavy atom. The van der Waals surface area contributed by atoms with Crippen molar-refractivity contribution in [2.24, 2.45) is 0 Å². The second kappa shape index (κ2) is 6.44. The fourth-order valence-corrected chi connectivity index (χ4v) is 2.30. The van der Waals surface area contributed by atoms with Crippen LogP contribution >= 0.6 is 11.6 Å². The molecule has 2 rings (SSSR count). The molecule has 0 aliphatic carbocycles. The van der Waals surface area contributed by atoms with E-state index in [2.05, 4.69) is 5.32 Å². The average molecular weight is 321 g/mol. The van der Waals surface area contributed by atoms with Gasteiger partial charge in [0.2, 0.25) is 0 Å². The minimum absolute atomic E-state index is 0.310. The third-order valence-corrected chi connectivity index (χ3v) is 3.31. The first-order valence-corrected chi connectivity index (χ1v) is 6.75. The number of carbonyl (C=O) groups excluding carboxylic acids is 1. The third-order valence-electron chi connectivity index (χ3n) is 3.00. The van der Waals surface area contributed by atoms with Crippen LogP contribution in [-0.2, 0) is 11.3 Å². The Kier molecular flexibility index (Phi) is 4.62. The number of nitrogens with one attached hydrogen (secondary N) is 1. The summed E-state index contributed by atoms with van der Waals surface area (Å²) in [6.07, 6.45) is 1.28. The third kappa shape index (κ3) is 3.53. The highest BCUT2D eigenvalue weighted by Gasteiger charge is 2.14. The van der Waals surface area contributed by atoms with Gasteiger partial charge in [0.1, 0.15) is 6.54 Å². The standard InChI is InChI=1S/C15H13ClN2O4/c1-9-3-2-4-11(16)14(9)15(22)17-10-5-6-12(19)18(7-10)8-13(20)21/h2-7H,8H2,1H3,(H,17,22)(H,20,21). The molecule has 1 amide bonds. The number of pyridine rings is 1. The highest BCUT2D eigenvalue weighted by molar-refractivity contribution is 6.34. The van der Waals surface area contributed by atoms with E-state index in [9.17, 15) is 14.4 Å². The Balaban J connectivity index is 2.29. The topological polar surface area (TPSA) is 88.4 Å². The van der Waals surface area contributed by atoms with E-state index in [0.717, 1.165) is 4.57 Å². The van der Waals surface area contributed by atoms with Gasteiger partial charge in [-0.1, -0.05) is 23.7 Å². The molecule has 22 heavy (non-hydrogen) atoms. The zero-order valence-electron chi connectivity index (χ0n) is 11.7. The minimum Gasteiger partial charge on any atom is -0.480 e. The van der Waals surface area contributed by atoms with Gasteiger partial charge in [-0.25, -0.2) is 0 Å². The average Bonchev–Trinajstić information content (AvgIpc) is 2.42. The molecular weight excluding hydrogens is 308 g/mol. The number of carbonyl (C=O) groups is 2. The van der Waals surface area contributed by atoms with Gasteiger partial charge in [0.05, 0.1) is 16.3 Å². The molecule has 0 unspecified atom stereocenters. The summed E-state index contributed by atoms with van der Waals surface area (Å²) in [5.41, 5.74) is 0.892. The number of benzene rings is 1. The first-order valence-electron chi connectivity index (χ1n) is 6.37. The summed E-state index contributed by atoms with van der Waals surface area (Å²) in [6.45, 7) is 1.28. The second-order valence-corrected chi connectivity index (χ2v) is 5.07. The number of rotatable bonds is 4. The van der Waals surface area contributed by atoms with Gasteiger partial charge in [-0.15, -0.1) is 0 Å². The molecule has 7 heteroatoms. The molecule has 0 radical (unpaired) electrons. The molecule has 0 spiro atoms. The molecule has 0 saturated heterocycles. The lowest BCUT2D eigenvalue weighted by atomic mass is 10.1. The molecule has 0 atom stereocenters. The molecule has 1 aromatic heterocycles. The zero-order valence-corrected chi connectivity index (χ0v) is 12.4. The number of hydrogen-bond donors (Lipinski definition) is 2. The lowest BCUT2D eigenvalue weighted by Crippen LogP contribution is -2.24. The molecule has 0 bridgehead atoms. The number of carboxylic acid groups (broad SMARTS) is 1. The Labute approximate surface area is 131 Å². The van der Waals surface area contributed by atoms with E-state index in [-0.39, 0.29) is 0 Å². The summed E-state index contributed by atoms with van der Waals surface area (Å²) < 4.78 is 0.997. The van der Waals surface area contributed by atoms with Crippen molar-refractivity contribution in [3.63, 3.8) is 0 Å². The molecular formula is C15H13ClN2O4. The molecule has 6 nitrogen and oxygen atoms in total. The lowest BCUT2D eigenvalue weighted by Gasteiger charge is -2.10. The first kappa shape index (κ1) is 15.8. The number of hydrogen-bond acceptors (Lipinski definition) is 3. The summed E-state index contributed by atoms with van der Waals surface area (Å²) in [6, 6.07) is 7.70. The summed E-state index contributed by atoms with van der Waals surface area (Å²) in [5, 5.41) is 11.7. The molecule has 2 aromatic rings. The van der Waals surface area contributed by atoms with Crippen molar-refractivity contribution in [1.82, 2.24) is 4.57 Å². The summed E-state index contributed by atoms with van der Waals surface area (Å²) in [5.74, 6) is -1.57. The normalized spacial score (nSPS) is 10.3. The Morgan fingerprint density at radius 3 is 2.64 bits per heavy atom. The van der Waals surface area contributed by atoms with Crippen LogP contribution in [0.15, 0.2) is 41.3 Å². The van der Waals surface area contributed by atoms with E-state index in [4.69, 9.17) is 16.7 Å². The van der Waals surface area contributed by atoms with Gasteiger partial charge in [-0.2, -0.15) is 0 Å². The van der Waals surface area contributed by atoms with Crippen LogP contribution in [0.4, 0.5) is 5.69 Å². The van der Waals surface area contributed by atoms with Crippen LogP contribution in [0.1, 0.15) is 15.9 Å². The Hall–Kier alpha value is -2.60. The van der Waals surface area contributed by atoms with Gasteiger partial charge >= 0.3 is 5.97 Å². The molecule has 1 aromatic carbocycles. The van der Waals surface area contributed by atoms with Crippen LogP contribution in [0.2, 0.25) is 5.02 Å². The SMILES string of the molecule is Cc1cccc(Cl)c1C(=O)Nc1ccc(=O)n(CC(=O)O)c1. The van der Waals surface area contributed by atoms with Gasteiger partial charge in [0.25, 0.3) is 11.5 Å². The van der Waals surface area contributed by atoms with Gasteiger partial charge in [0, 0.05) is 12.3 Å². The molecule has 1 heterocycles. The zero-order chi connectivity index (χ0) is 16.3. The monoisotopic (exact) mass is 320 g/mol. The molecule has 0 fully saturated rings. The van der Waals surface area contributed by atoms with Gasteiger partial charge in [-0.05, 0) is 24.6 Å². The van der Waals surface area contributed by atoms with Crippen LogP contribution in [0.3, 0.4) is 0 Å². The minimum atomic E-state index is -1.15. The van der Waals surface area contributed by atoms with E-state index >= 15 is 0 Å². The summed E-state index contributed by atoms with van der Waals surface area (Å²) >= 11 is 6.02. The molecule has 114 valence electrons. The number of amides is 1. The number of aromatic nitrogens is 1. The van der Waals surface area contributed by atoms with Crippen LogP contribution in [0.25, 0.3) is 0 Å². The second-order valence-electron chi connectivity index (χ2n) is 4.66.